The summed E-state index contributed by atoms with van der Waals surface area (Å²) in [5.41, 5.74) is 5.04. The van der Waals surface area contributed by atoms with Gasteiger partial charge in [-0.05, 0) is 52.8 Å². The fourth-order valence-corrected chi connectivity index (χ4v) is 4.54. The van der Waals surface area contributed by atoms with Crippen molar-refractivity contribution in [3.05, 3.63) is 58.5 Å². The molecule has 4 heterocycles. The van der Waals surface area contributed by atoms with Gasteiger partial charge in [0.25, 0.3) is 0 Å². The van der Waals surface area contributed by atoms with Crippen LogP contribution < -0.4 is 10.5 Å². The maximum atomic E-state index is 12.9. The molecular weight excluding hydrogens is 402 g/mol. The molecule has 7 nitrogen and oxygen atoms in total. The van der Waals surface area contributed by atoms with Crippen LogP contribution in [-0.4, -0.2) is 51.0 Å². The van der Waals surface area contributed by atoms with E-state index in [1.807, 2.05) is 48.8 Å². The first kappa shape index (κ1) is 20.7. The van der Waals surface area contributed by atoms with E-state index in [1.54, 1.807) is 0 Å². The number of fused-ring (bicyclic) bond motifs is 2. The van der Waals surface area contributed by atoms with Crippen LogP contribution in [0, 0.1) is 13.8 Å². The van der Waals surface area contributed by atoms with Crippen molar-refractivity contribution in [2.24, 2.45) is 0 Å². The number of piperazine rings is 1. The molecule has 1 aliphatic heterocycles. The normalized spacial score (nSPS) is 15.7. The lowest BCUT2D eigenvalue weighted by Crippen LogP contribution is -2.53. The zero-order chi connectivity index (χ0) is 22.6. The van der Waals surface area contributed by atoms with Gasteiger partial charge in [-0.1, -0.05) is 0 Å². The van der Waals surface area contributed by atoms with Crippen molar-refractivity contribution >= 4 is 22.3 Å². The predicted molar refractivity (Wildman–Crippen MR) is 127 cm³/mol. The van der Waals surface area contributed by atoms with Crippen LogP contribution in [0.4, 0.5) is 5.69 Å². The second-order valence-corrected chi connectivity index (χ2v) is 9.64. The summed E-state index contributed by atoms with van der Waals surface area (Å²) < 4.78 is 7.66. The minimum Gasteiger partial charge on any atom is -0.422 e. The van der Waals surface area contributed by atoms with Gasteiger partial charge in [-0.15, -0.1) is 0 Å². The van der Waals surface area contributed by atoms with E-state index in [-0.39, 0.29) is 11.2 Å². The highest BCUT2D eigenvalue weighted by Crippen LogP contribution is 2.27. The molecule has 4 aromatic rings. The van der Waals surface area contributed by atoms with E-state index in [0.29, 0.717) is 16.8 Å². The van der Waals surface area contributed by atoms with E-state index in [9.17, 15) is 4.79 Å². The minimum atomic E-state index is -0.377. The molecule has 0 saturated carbocycles. The molecule has 1 saturated heterocycles. The number of hydrogen-bond donors (Lipinski definition) is 0. The zero-order valence-electron chi connectivity index (χ0n) is 19.3. The summed E-state index contributed by atoms with van der Waals surface area (Å²) in [4.78, 5) is 26.8. The van der Waals surface area contributed by atoms with Crippen molar-refractivity contribution in [1.82, 2.24) is 19.3 Å². The number of aryl methyl sites for hydroxylation is 2. The monoisotopic (exact) mass is 431 g/mol. The maximum Gasteiger partial charge on any atom is 0.345 e. The first-order chi connectivity index (χ1) is 15.2. The van der Waals surface area contributed by atoms with Gasteiger partial charge in [-0.25, -0.2) is 9.78 Å². The number of nitrogens with zero attached hydrogens (tertiary/aromatic N) is 5. The zero-order valence-corrected chi connectivity index (χ0v) is 19.3. The average Bonchev–Trinajstić information content (AvgIpc) is 3.16. The third-order valence-corrected chi connectivity index (χ3v) is 6.31. The Morgan fingerprint density at radius 1 is 0.969 bits per heavy atom. The van der Waals surface area contributed by atoms with Crippen molar-refractivity contribution < 1.29 is 4.42 Å². The molecule has 0 N–H and O–H groups in total. The van der Waals surface area contributed by atoms with Gasteiger partial charge in [0.1, 0.15) is 5.58 Å². The summed E-state index contributed by atoms with van der Waals surface area (Å²) >= 11 is 0. The van der Waals surface area contributed by atoms with Crippen molar-refractivity contribution in [3.8, 4) is 11.3 Å². The van der Waals surface area contributed by atoms with Crippen molar-refractivity contribution in [2.45, 2.75) is 40.2 Å². The van der Waals surface area contributed by atoms with Crippen LogP contribution in [0.15, 0.2) is 45.9 Å². The summed E-state index contributed by atoms with van der Waals surface area (Å²) in [6, 6.07) is 7.99. The fraction of sp³-hybridized carbons (Fsp3) is 0.400. The van der Waals surface area contributed by atoms with E-state index in [4.69, 9.17) is 4.42 Å². The second kappa shape index (κ2) is 7.45. The predicted octanol–water partition coefficient (Wildman–Crippen LogP) is 4.04. The Labute approximate surface area is 187 Å². The van der Waals surface area contributed by atoms with Crippen LogP contribution in [0.5, 0.6) is 0 Å². The standard InChI is InChI=1S/C25H29N5O2/c1-16-14-29-15-21(27-23(29)17(2)26-16)20-12-18-6-7-19(13-22(18)32-24(20)31)28-8-10-30(11-9-28)25(3,4)5/h6-7,12-15H,8-11H2,1-5H3. The highest BCUT2D eigenvalue weighted by molar-refractivity contribution is 5.84. The lowest BCUT2D eigenvalue weighted by atomic mass is 10.0. The average molecular weight is 432 g/mol. The molecule has 0 unspecified atom stereocenters. The van der Waals surface area contributed by atoms with Gasteiger partial charge in [0.05, 0.1) is 22.6 Å². The molecule has 166 valence electrons. The van der Waals surface area contributed by atoms with Gasteiger partial charge < -0.3 is 13.7 Å². The first-order valence-corrected chi connectivity index (χ1v) is 11.1. The number of hydrogen-bond acceptors (Lipinski definition) is 6. The molecule has 1 aromatic carbocycles. The van der Waals surface area contributed by atoms with E-state index >= 15 is 0 Å². The number of imidazole rings is 1. The molecule has 1 fully saturated rings. The van der Waals surface area contributed by atoms with Gasteiger partial charge in [-0.3, -0.25) is 9.88 Å². The van der Waals surface area contributed by atoms with Crippen LogP contribution in [0.1, 0.15) is 32.2 Å². The smallest absolute Gasteiger partial charge is 0.345 e. The Kier molecular flexibility index (Phi) is 4.82. The van der Waals surface area contributed by atoms with Gasteiger partial charge >= 0.3 is 5.63 Å². The Balaban J connectivity index is 1.47. The third kappa shape index (κ3) is 3.66. The van der Waals surface area contributed by atoms with E-state index < -0.39 is 0 Å². The molecule has 0 atom stereocenters. The molecule has 0 bridgehead atoms. The molecule has 0 spiro atoms. The highest BCUT2D eigenvalue weighted by Gasteiger charge is 2.26. The van der Waals surface area contributed by atoms with E-state index in [0.717, 1.165) is 54.3 Å². The minimum absolute atomic E-state index is 0.184. The Morgan fingerprint density at radius 2 is 1.72 bits per heavy atom. The molecule has 0 aliphatic carbocycles. The SMILES string of the molecule is Cc1cn2cc(-c3cc4ccc(N5CCN(C(C)(C)C)CC5)cc4oc3=O)nc2c(C)n1. The molecular formula is C25H29N5O2. The van der Waals surface area contributed by atoms with Crippen molar-refractivity contribution in [3.63, 3.8) is 0 Å². The molecule has 1 aliphatic rings. The maximum absolute atomic E-state index is 12.9. The highest BCUT2D eigenvalue weighted by atomic mass is 16.4. The lowest BCUT2D eigenvalue weighted by Gasteiger charge is -2.43. The van der Waals surface area contributed by atoms with Crippen LogP contribution >= 0.6 is 0 Å². The van der Waals surface area contributed by atoms with Crippen LogP contribution in [0.2, 0.25) is 0 Å². The number of rotatable bonds is 2. The fourth-order valence-electron chi connectivity index (χ4n) is 4.54. The third-order valence-electron chi connectivity index (χ3n) is 6.31. The summed E-state index contributed by atoms with van der Waals surface area (Å²) in [6.45, 7) is 14.6. The van der Waals surface area contributed by atoms with Crippen molar-refractivity contribution in [1.29, 1.82) is 0 Å². The van der Waals surface area contributed by atoms with Crippen LogP contribution in [-0.2, 0) is 0 Å². The summed E-state index contributed by atoms with van der Waals surface area (Å²) in [6.07, 6.45) is 3.77. The van der Waals surface area contributed by atoms with E-state index in [1.165, 1.54) is 0 Å². The largest absolute Gasteiger partial charge is 0.422 e. The second-order valence-electron chi connectivity index (χ2n) is 9.64. The molecule has 0 radical (unpaired) electrons. The molecule has 7 heteroatoms. The lowest BCUT2D eigenvalue weighted by molar-refractivity contribution is 0.128. The van der Waals surface area contributed by atoms with Gasteiger partial charge in [0, 0.05) is 61.3 Å². The van der Waals surface area contributed by atoms with Gasteiger partial charge in [0.15, 0.2) is 5.65 Å². The number of benzene rings is 1. The Bertz CT molecular complexity index is 1370. The summed E-state index contributed by atoms with van der Waals surface area (Å²) in [7, 11) is 0. The first-order valence-electron chi connectivity index (χ1n) is 11.1. The van der Waals surface area contributed by atoms with E-state index in [2.05, 4.69) is 46.6 Å². The van der Waals surface area contributed by atoms with Gasteiger partial charge in [-0.2, -0.15) is 0 Å². The van der Waals surface area contributed by atoms with Crippen molar-refractivity contribution in [2.75, 3.05) is 31.1 Å². The number of aromatic nitrogens is 3. The molecule has 32 heavy (non-hydrogen) atoms. The van der Waals surface area contributed by atoms with Crippen LogP contribution in [0.25, 0.3) is 27.9 Å². The Hall–Kier alpha value is -3.19. The quantitative estimate of drug-likeness (QED) is 0.446. The molecule has 3 aromatic heterocycles. The van der Waals surface area contributed by atoms with Crippen LogP contribution in [0.3, 0.4) is 0 Å². The van der Waals surface area contributed by atoms with Gasteiger partial charge in [0.2, 0.25) is 0 Å². The molecule has 5 rings (SSSR count). The Morgan fingerprint density at radius 3 is 2.44 bits per heavy atom. The summed E-state index contributed by atoms with van der Waals surface area (Å²) in [5.74, 6) is 0. The molecule has 0 amide bonds. The number of anilines is 1. The summed E-state index contributed by atoms with van der Waals surface area (Å²) in [5, 5.41) is 0.889. The topological polar surface area (TPSA) is 66.9 Å².